The molecule has 7 nitrogen and oxygen atoms in total. The van der Waals surface area contributed by atoms with Crippen LogP contribution in [-0.4, -0.2) is 57.5 Å². The molecule has 3 aromatic rings. The second kappa shape index (κ2) is 5.59. The number of pyridine rings is 1. The average Bonchev–Trinajstić information content (AvgIpc) is 2.93. The van der Waals surface area contributed by atoms with Crippen LogP contribution in [0, 0.1) is 6.92 Å². The lowest BCUT2D eigenvalue weighted by molar-refractivity contribution is 0.312. The van der Waals surface area contributed by atoms with E-state index in [4.69, 9.17) is 4.98 Å². The number of likely N-dealkylation sites (N-methyl/N-ethyl adjacent to an activating group) is 1. The third-order valence-corrected chi connectivity index (χ3v) is 4.80. The summed E-state index contributed by atoms with van der Waals surface area (Å²) >= 11 is 0. The molecule has 4 heterocycles. The van der Waals surface area contributed by atoms with E-state index >= 15 is 0 Å². The minimum atomic E-state index is -0.110. The van der Waals surface area contributed by atoms with E-state index in [2.05, 4.69) is 26.8 Å². The highest BCUT2D eigenvalue weighted by Gasteiger charge is 2.18. The number of nitrogens with zero attached hydrogens (tertiary/aromatic N) is 5. The van der Waals surface area contributed by atoms with Gasteiger partial charge in [-0.2, -0.15) is 0 Å². The molecule has 0 aromatic carbocycles. The summed E-state index contributed by atoms with van der Waals surface area (Å²) in [6.07, 6.45) is 0.758. The van der Waals surface area contributed by atoms with Gasteiger partial charge in [-0.05, 0) is 26.1 Å². The summed E-state index contributed by atoms with van der Waals surface area (Å²) in [7, 11) is 2.14. The second-order valence-corrected chi connectivity index (χ2v) is 6.44. The number of rotatable bonds is 2. The van der Waals surface area contributed by atoms with Gasteiger partial charge in [-0.1, -0.05) is 6.92 Å². The number of fused-ring (bicyclic) bond motifs is 3. The molecule has 0 aliphatic carbocycles. The van der Waals surface area contributed by atoms with Crippen molar-refractivity contribution in [2.24, 2.45) is 0 Å². The number of imidazole rings is 1. The Labute approximate surface area is 139 Å². The zero-order valence-electron chi connectivity index (χ0n) is 14.3. The molecule has 7 heteroatoms. The van der Waals surface area contributed by atoms with Crippen LogP contribution in [-0.2, 0) is 6.42 Å². The number of aromatic amines is 1. The van der Waals surface area contributed by atoms with Gasteiger partial charge < -0.3 is 14.8 Å². The van der Waals surface area contributed by atoms with E-state index in [1.165, 1.54) is 0 Å². The lowest BCUT2D eigenvalue weighted by atomic mass is 10.3. The molecule has 0 amide bonds. The molecule has 4 rings (SSSR count). The lowest BCUT2D eigenvalue weighted by Crippen LogP contribution is -2.44. The molecule has 0 atom stereocenters. The number of hydrogen-bond donors (Lipinski definition) is 1. The highest BCUT2D eigenvalue weighted by atomic mass is 16.1. The highest BCUT2D eigenvalue weighted by Crippen LogP contribution is 2.20. The largest absolute Gasteiger partial charge is 0.354 e. The van der Waals surface area contributed by atoms with Crippen LogP contribution in [0.5, 0.6) is 0 Å². The fourth-order valence-corrected chi connectivity index (χ4v) is 3.42. The standard InChI is InChI=1S/C17H22N6O/c1-4-13-18-11(2)15-17(24)19-12-5-6-14(20-16(12)23(13)15)22-9-7-21(3)8-10-22/h5-6H,4,7-10H2,1-3H3,(H,19,24). The van der Waals surface area contributed by atoms with Crippen molar-refractivity contribution in [1.82, 2.24) is 24.3 Å². The molecule has 1 aliphatic rings. The van der Waals surface area contributed by atoms with Crippen molar-refractivity contribution in [3.8, 4) is 0 Å². The van der Waals surface area contributed by atoms with Gasteiger partial charge in [0, 0.05) is 32.6 Å². The number of nitrogens with one attached hydrogen (secondary N) is 1. The Hall–Kier alpha value is -2.41. The van der Waals surface area contributed by atoms with E-state index in [9.17, 15) is 4.79 Å². The Bertz CT molecular complexity index is 965. The molecule has 0 unspecified atom stereocenters. The van der Waals surface area contributed by atoms with Crippen molar-refractivity contribution in [2.75, 3.05) is 38.1 Å². The molecule has 0 radical (unpaired) electrons. The summed E-state index contributed by atoms with van der Waals surface area (Å²) in [5, 5.41) is 0. The van der Waals surface area contributed by atoms with Gasteiger partial charge in [-0.3, -0.25) is 9.20 Å². The third-order valence-electron chi connectivity index (χ3n) is 4.80. The van der Waals surface area contributed by atoms with Gasteiger partial charge in [0.1, 0.15) is 17.2 Å². The van der Waals surface area contributed by atoms with E-state index in [0.717, 1.165) is 61.1 Å². The predicted octanol–water partition coefficient (Wildman–Crippen LogP) is 1.19. The molecule has 1 aliphatic heterocycles. The van der Waals surface area contributed by atoms with E-state index in [1.54, 1.807) is 0 Å². The number of H-pyrrole nitrogens is 1. The fraction of sp³-hybridized carbons (Fsp3) is 0.471. The minimum absolute atomic E-state index is 0.110. The molecular weight excluding hydrogens is 304 g/mol. The zero-order chi connectivity index (χ0) is 16.8. The number of aromatic nitrogens is 4. The fourth-order valence-electron chi connectivity index (χ4n) is 3.42. The SMILES string of the molecule is CCc1nc(C)c2c(=O)[nH]c3ccc(N4CCN(C)CC4)nc3n12. The molecule has 1 N–H and O–H groups in total. The highest BCUT2D eigenvalue weighted by molar-refractivity contribution is 5.77. The van der Waals surface area contributed by atoms with Crippen molar-refractivity contribution >= 4 is 22.5 Å². The number of piperazine rings is 1. The van der Waals surface area contributed by atoms with Crippen LogP contribution in [0.2, 0.25) is 0 Å². The molecule has 1 fully saturated rings. The Kier molecular flexibility index (Phi) is 3.53. The number of aryl methyl sites for hydroxylation is 2. The molecular formula is C17H22N6O. The third kappa shape index (κ3) is 2.27. The number of anilines is 1. The summed E-state index contributed by atoms with van der Waals surface area (Å²) in [6, 6.07) is 3.94. The van der Waals surface area contributed by atoms with Crippen molar-refractivity contribution in [3.05, 3.63) is 34.0 Å². The summed E-state index contributed by atoms with van der Waals surface area (Å²) in [5.74, 6) is 1.83. The van der Waals surface area contributed by atoms with Gasteiger partial charge in [0.05, 0.1) is 11.2 Å². The molecule has 0 bridgehead atoms. The van der Waals surface area contributed by atoms with E-state index in [-0.39, 0.29) is 5.56 Å². The van der Waals surface area contributed by atoms with Gasteiger partial charge in [-0.25, -0.2) is 9.97 Å². The maximum Gasteiger partial charge on any atom is 0.274 e. The van der Waals surface area contributed by atoms with Crippen LogP contribution in [0.4, 0.5) is 5.82 Å². The van der Waals surface area contributed by atoms with Gasteiger partial charge in [0.15, 0.2) is 5.65 Å². The first-order chi connectivity index (χ1) is 11.6. The Morgan fingerprint density at radius 3 is 2.62 bits per heavy atom. The van der Waals surface area contributed by atoms with E-state index < -0.39 is 0 Å². The Morgan fingerprint density at radius 1 is 1.17 bits per heavy atom. The van der Waals surface area contributed by atoms with Gasteiger partial charge in [0.2, 0.25) is 0 Å². The maximum atomic E-state index is 12.4. The van der Waals surface area contributed by atoms with Gasteiger partial charge in [-0.15, -0.1) is 0 Å². The molecule has 3 aromatic heterocycles. The Balaban J connectivity index is 1.93. The molecule has 0 spiro atoms. The van der Waals surface area contributed by atoms with Crippen molar-refractivity contribution in [3.63, 3.8) is 0 Å². The molecule has 1 saturated heterocycles. The van der Waals surface area contributed by atoms with Gasteiger partial charge in [0.25, 0.3) is 5.56 Å². The molecule has 24 heavy (non-hydrogen) atoms. The first-order valence-electron chi connectivity index (χ1n) is 8.43. The van der Waals surface area contributed by atoms with Crippen LogP contribution in [0.15, 0.2) is 16.9 Å². The minimum Gasteiger partial charge on any atom is -0.354 e. The van der Waals surface area contributed by atoms with Crippen molar-refractivity contribution in [1.29, 1.82) is 0 Å². The Morgan fingerprint density at radius 2 is 1.92 bits per heavy atom. The molecule has 0 saturated carbocycles. The smallest absolute Gasteiger partial charge is 0.274 e. The van der Waals surface area contributed by atoms with Crippen molar-refractivity contribution in [2.45, 2.75) is 20.3 Å². The predicted molar refractivity (Wildman–Crippen MR) is 94.9 cm³/mol. The summed E-state index contributed by atoms with van der Waals surface area (Å²) < 4.78 is 1.92. The maximum absolute atomic E-state index is 12.4. The van der Waals surface area contributed by atoms with E-state index in [1.807, 2.05) is 30.4 Å². The van der Waals surface area contributed by atoms with Crippen LogP contribution >= 0.6 is 0 Å². The van der Waals surface area contributed by atoms with Crippen LogP contribution in [0.3, 0.4) is 0 Å². The second-order valence-electron chi connectivity index (χ2n) is 6.44. The van der Waals surface area contributed by atoms with Crippen LogP contribution in [0.25, 0.3) is 16.7 Å². The quantitative estimate of drug-likeness (QED) is 0.766. The monoisotopic (exact) mass is 326 g/mol. The van der Waals surface area contributed by atoms with Crippen LogP contribution < -0.4 is 10.5 Å². The van der Waals surface area contributed by atoms with Gasteiger partial charge >= 0.3 is 0 Å². The van der Waals surface area contributed by atoms with Crippen molar-refractivity contribution < 1.29 is 0 Å². The topological polar surface area (TPSA) is 69.5 Å². The first kappa shape index (κ1) is 15.1. The summed E-state index contributed by atoms with van der Waals surface area (Å²) in [6.45, 7) is 7.91. The normalized spacial score (nSPS) is 16.4. The average molecular weight is 326 g/mol. The summed E-state index contributed by atoms with van der Waals surface area (Å²) in [4.78, 5) is 29.4. The lowest BCUT2D eigenvalue weighted by Gasteiger charge is -2.33. The van der Waals surface area contributed by atoms with E-state index in [0.29, 0.717) is 5.52 Å². The number of hydrogen-bond acceptors (Lipinski definition) is 5. The molecule has 126 valence electrons. The van der Waals surface area contributed by atoms with Crippen LogP contribution in [0.1, 0.15) is 18.4 Å². The first-order valence-corrected chi connectivity index (χ1v) is 8.43. The summed E-state index contributed by atoms with van der Waals surface area (Å²) in [5.41, 5.74) is 2.77. The zero-order valence-corrected chi connectivity index (χ0v) is 14.3.